The van der Waals surface area contributed by atoms with E-state index in [-0.39, 0.29) is 0 Å². The summed E-state index contributed by atoms with van der Waals surface area (Å²) in [5.41, 5.74) is 0.969. The number of nitrogens with one attached hydrogen (secondary N) is 2. The number of carbonyl (C=O) groups excluding carboxylic acids is 1. The van der Waals surface area contributed by atoms with Gasteiger partial charge in [0.2, 0.25) is 5.95 Å². The van der Waals surface area contributed by atoms with E-state index < -0.39 is 5.97 Å². The fraction of sp³-hybridized carbons (Fsp3) is 0.333. The molecule has 0 spiro atoms. The number of para-hydroxylation sites is 1. The molecule has 0 bridgehead atoms. The molecule has 0 saturated heterocycles. The van der Waals surface area contributed by atoms with Gasteiger partial charge in [-0.2, -0.15) is 10.1 Å². The van der Waals surface area contributed by atoms with E-state index >= 15 is 0 Å². The van der Waals surface area contributed by atoms with Crippen LogP contribution in [0.3, 0.4) is 0 Å². The molecule has 23 heavy (non-hydrogen) atoms. The van der Waals surface area contributed by atoms with Gasteiger partial charge < -0.3 is 20.3 Å². The Bertz CT molecular complexity index is 662. The molecule has 0 unspecified atom stereocenters. The van der Waals surface area contributed by atoms with Crippen LogP contribution in [0, 0.1) is 0 Å². The molecule has 1 heterocycles. The molecule has 0 radical (unpaired) electrons. The molecule has 8 heteroatoms. The molecule has 0 aliphatic heterocycles. The van der Waals surface area contributed by atoms with E-state index in [1.54, 1.807) is 30.5 Å². The Kier molecular flexibility index (Phi) is 5.81. The summed E-state index contributed by atoms with van der Waals surface area (Å²) in [4.78, 5) is 18.1. The largest absolute Gasteiger partial charge is 0.465 e. The Morgan fingerprint density at radius 2 is 2.09 bits per heavy atom. The van der Waals surface area contributed by atoms with Crippen LogP contribution in [0.2, 0.25) is 0 Å². The van der Waals surface area contributed by atoms with Crippen LogP contribution in [0.5, 0.6) is 0 Å². The molecule has 0 aliphatic rings. The van der Waals surface area contributed by atoms with Gasteiger partial charge in [0.1, 0.15) is 0 Å². The predicted octanol–water partition coefficient (Wildman–Crippen LogP) is 1.38. The van der Waals surface area contributed by atoms with Crippen molar-refractivity contribution in [1.29, 1.82) is 0 Å². The standard InChI is InChI=1S/C15H20N6O2/c1-21(2)9-8-16-13-10-17-20-15(19-13)18-12-7-5-4-6-11(12)14(22)23-3/h4-7,10H,8-9H2,1-3H3,(H2,16,18,19,20). The van der Waals surface area contributed by atoms with Crippen molar-refractivity contribution >= 4 is 23.4 Å². The van der Waals surface area contributed by atoms with Crippen LogP contribution in [-0.2, 0) is 4.74 Å². The van der Waals surface area contributed by atoms with E-state index in [0.29, 0.717) is 23.0 Å². The van der Waals surface area contributed by atoms with Gasteiger partial charge in [-0.15, -0.1) is 5.10 Å². The molecule has 8 nitrogen and oxygen atoms in total. The van der Waals surface area contributed by atoms with Crippen molar-refractivity contribution in [3.8, 4) is 0 Å². The lowest BCUT2D eigenvalue weighted by Crippen LogP contribution is -2.21. The first kappa shape index (κ1) is 16.6. The molecular formula is C15H20N6O2. The average Bonchev–Trinajstić information content (AvgIpc) is 2.55. The van der Waals surface area contributed by atoms with Crippen LogP contribution in [0.4, 0.5) is 17.5 Å². The number of benzene rings is 1. The number of esters is 1. The lowest BCUT2D eigenvalue weighted by molar-refractivity contribution is 0.0602. The molecule has 122 valence electrons. The molecule has 2 N–H and O–H groups in total. The maximum absolute atomic E-state index is 11.8. The number of rotatable bonds is 7. The molecular weight excluding hydrogens is 296 g/mol. The summed E-state index contributed by atoms with van der Waals surface area (Å²) in [5, 5.41) is 14.0. The highest BCUT2D eigenvalue weighted by atomic mass is 16.5. The Labute approximate surface area is 134 Å². The van der Waals surface area contributed by atoms with Crippen LogP contribution in [0.1, 0.15) is 10.4 Å². The lowest BCUT2D eigenvalue weighted by atomic mass is 10.2. The van der Waals surface area contributed by atoms with Gasteiger partial charge in [0, 0.05) is 13.1 Å². The van der Waals surface area contributed by atoms with Crippen molar-refractivity contribution in [2.75, 3.05) is 44.9 Å². The second kappa shape index (κ2) is 8.04. The van der Waals surface area contributed by atoms with Gasteiger partial charge in [0.15, 0.2) is 5.82 Å². The fourth-order valence-electron chi connectivity index (χ4n) is 1.85. The van der Waals surface area contributed by atoms with Crippen molar-refractivity contribution in [1.82, 2.24) is 20.1 Å². The van der Waals surface area contributed by atoms with Crippen molar-refractivity contribution < 1.29 is 9.53 Å². The molecule has 2 rings (SSSR count). The van der Waals surface area contributed by atoms with Gasteiger partial charge in [-0.1, -0.05) is 12.1 Å². The Hall–Kier alpha value is -2.74. The van der Waals surface area contributed by atoms with Gasteiger partial charge in [-0.25, -0.2) is 4.79 Å². The fourth-order valence-corrected chi connectivity index (χ4v) is 1.85. The van der Waals surface area contributed by atoms with Crippen molar-refractivity contribution in [3.63, 3.8) is 0 Å². The van der Waals surface area contributed by atoms with Gasteiger partial charge >= 0.3 is 5.97 Å². The average molecular weight is 316 g/mol. The van der Waals surface area contributed by atoms with Crippen molar-refractivity contribution in [3.05, 3.63) is 36.0 Å². The van der Waals surface area contributed by atoms with E-state index in [0.717, 1.165) is 13.1 Å². The van der Waals surface area contributed by atoms with E-state index in [1.165, 1.54) is 7.11 Å². The number of methoxy groups -OCH3 is 1. The van der Waals surface area contributed by atoms with Gasteiger partial charge in [-0.3, -0.25) is 0 Å². The van der Waals surface area contributed by atoms with Crippen molar-refractivity contribution in [2.24, 2.45) is 0 Å². The van der Waals surface area contributed by atoms with E-state index in [2.05, 4.69) is 30.7 Å². The number of hydrogen-bond donors (Lipinski definition) is 2. The number of likely N-dealkylation sites (N-methyl/N-ethyl adjacent to an activating group) is 1. The number of hydrogen-bond acceptors (Lipinski definition) is 8. The number of ether oxygens (including phenoxy) is 1. The Balaban J connectivity index is 2.10. The summed E-state index contributed by atoms with van der Waals surface area (Å²) >= 11 is 0. The number of nitrogens with zero attached hydrogens (tertiary/aromatic N) is 4. The molecule has 2 aromatic rings. The zero-order valence-electron chi connectivity index (χ0n) is 13.4. The number of aromatic nitrogens is 3. The summed E-state index contributed by atoms with van der Waals surface area (Å²) < 4.78 is 4.76. The first-order chi connectivity index (χ1) is 11.1. The summed E-state index contributed by atoms with van der Waals surface area (Å²) in [6.07, 6.45) is 1.55. The molecule has 0 amide bonds. The quantitative estimate of drug-likeness (QED) is 0.740. The van der Waals surface area contributed by atoms with Crippen LogP contribution >= 0.6 is 0 Å². The smallest absolute Gasteiger partial charge is 0.339 e. The Morgan fingerprint density at radius 1 is 1.30 bits per heavy atom. The molecule has 1 aromatic heterocycles. The monoisotopic (exact) mass is 316 g/mol. The van der Waals surface area contributed by atoms with Crippen LogP contribution < -0.4 is 10.6 Å². The van der Waals surface area contributed by atoms with E-state index in [4.69, 9.17) is 4.74 Å². The Morgan fingerprint density at radius 3 is 2.83 bits per heavy atom. The van der Waals surface area contributed by atoms with Crippen LogP contribution in [0.25, 0.3) is 0 Å². The highest BCUT2D eigenvalue weighted by molar-refractivity contribution is 5.96. The van der Waals surface area contributed by atoms with E-state index in [1.807, 2.05) is 14.1 Å². The van der Waals surface area contributed by atoms with Gasteiger partial charge in [-0.05, 0) is 26.2 Å². The molecule has 0 atom stereocenters. The third-order valence-electron chi connectivity index (χ3n) is 3.00. The zero-order valence-corrected chi connectivity index (χ0v) is 13.4. The number of carbonyl (C=O) groups is 1. The van der Waals surface area contributed by atoms with Gasteiger partial charge in [0.25, 0.3) is 0 Å². The minimum Gasteiger partial charge on any atom is -0.465 e. The first-order valence-electron chi connectivity index (χ1n) is 7.13. The summed E-state index contributed by atoms with van der Waals surface area (Å²) in [5.74, 6) is 0.484. The third-order valence-corrected chi connectivity index (χ3v) is 3.00. The second-order valence-corrected chi connectivity index (χ2v) is 5.06. The maximum Gasteiger partial charge on any atom is 0.339 e. The first-order valence-corrected chi connectivity index (χ1v) is 7.13. The van der Waals surface area contributed by atoms with Crippen LogP contribution in [0.15, 0.2) is 30.5 Å². The van der Waals surface area contributed by atoms with Crippen LogP contribution in [-0.4, -0.2) is 60.3 Å². The molecule has 1 aromatic carbocycles. The summed E-state index contributed by atoms with van der Waals surface area (Å²) in [6.45, 7) is 1.61. The molecule has 0 fully saturated rings. The minimum atomic E-state index is -0.429. The highest BCUT2D eigenvalue weighted by Gasteiger charge is 2.12. The van der Waals surface area contributed by atoms with E-state index in [9.17, 15) is 4.79 Å². The van der Waals surface area contributed by atoms with Crippen molar-refractivity contribution in [2.45, 2.75) is 0 Å². The number of anilines is 3. The zero-order chi connectivity index (χ0) is 16.7. The third kappa shape index (κ3) is 4.89. The maximum atomic E-state index is 11.8. The highest BCUT2D eigenvalue weighted by Crippen LogP contribution is 2.19. The van der Waals surface area contributed by atoms with Gasteiger partial charge in [0.05, 0.1) is 24.6 Å². The molecule has 0 aliphatic carbocycles. The SMILES string of the molecule is COC(=O)c1ccccc1Nc1nncc(NCCN(C)C)n1. The lowest BCUT2D eigenvalue weighted by Gasteiger charge is -2.12. The summed E-state index contributed by atoms with van der Waals surface area (Å²) in [6, 6.07) is 6.99. The topological polar surface area (TPSA) is 92.3 Å². The molecule has 0 saturated carbocycles. The minimum absolute atomic E-state index is 0.302. The normalized spacial score (nSPS) is 10.4. The predicted molar refractivity (Wildman–Crippen MR) is 87.9 cm³/mol. The second-order valence-electron chi connectivity index (χ2n) is 5.06. The summed E-state index contributed by atoms with van der Waals surface area (Å²) in [7, 11) is 5.33.